The average Bonchev–Trinajstić information content (AvgIpc) is 2.76. The highest BCUT2D eigenvalue weighted by Gasteiger charge is 2.26. The lowest BCUT2D eigenvalue weighted by molar-refractivity contribution is -0.120. The van der Waals surface area contributed by atoms with Gasteiger partial charge in [0, 0.05) is 0 Å². The number of nitrogens with one attached hydrogen (secondary N) is 2. The molecule has 14 heavy (non-hydrogen) atoms. The zero-order valence-electron chi connectivity index (χ0n) is 7.82. The summed E-state index contributed by atoms with van der Waals surface area (Å²) in [6.45, 7) is 2.02. The van der Waals surface area contributed by atoms with Gasteiger partial charge in [-0.05, 0) is 6.42 Å². The zero-order valence-corrected chi connectivity index (χ0v) is 7.82. The van der Waals surface area contributed by atoms with Crippen LogP contribution in [0.5, 0.6) is 0 Å². The van der Waals surface area contributed by atoms with E-state index in [1.807, 2.05) is 6.92 Å². The third kappa shape index (κ3) is 1.50. The summed E-state index contributed by atoms with van der Waals surface area (Å²) in [4.78, 5) is 15.6. The molecule has 1 aliphatic rings. The van der Waals surface area contributed by atoms with Crippen molar-refractivity contribution in [2.45, 2.75) is 25.8 Å². The lowest BCUT2D eigenvalue weighted by Gasteiger charge is -1.99. The van der Waals surface area contributed by atoms with Gasteiger partial charge in [-0.3, -0.25) is 9.79 Å². The molecule has 1 aromatic rings. The van der Waals surface area contributed by atoms with Crippen molar-refractivity contribution in [1.82, 2.24) is 20.7 Å². The molecule has 0 fully saturated rings. The van der Waals surface area contributed by atoms with Gasteiger partial charge in [0.15, 0.2) is 5.84 Å². The summed E-state index contributed by atoms with van der Waals surface area (Å²) in [5.41, 5.74) is 0.581. The minimum absolute atomic E-state index is 0.0511. The molecule has 0 aromatic carbocycles. The summed E-state index contributed by atoms with van der Waals surface area (Å²) < 4.78 is 0. The minimum Gasteiger partial charge on any atom is -0.307 e. The normalized spacial score (nSPS) is 20.8. The molecule has 2 N–H and O–H groups in total. The van der Waals surface area contributed by atoms with Gasteiger partial charge in [0.25, 0.3) is 0 Å². The number of aromatic amines is 1. The monoisotopic (exact) mass is 193 g/mol. The number of H-pyrrole nitrogens is 1. The van der Waals surface area contributed by atoms with Crippen LogP contribution in [0.4, 0.5) is 0 Å². The topological polar surface area (TPSA) is 83.0 Å². The quantitative estimate of drug-likeness (QED) is 0.700. The van der Waals surface area contributed by atoms with Crippen LogP contribution in [0, 0.1) is 0 Å². The molecule has 0 saturated heterocycles. The van der Waals surface area contributed by atoms with Crippen LogP contribution in [0.25, 0.3) is 0 Å². The fraction of sp³-hybridized carbons (Fsp3) is 0.500. The van der Waals surface area contributed by atoms with Crippen molar-refractivity contribution in [3.63, 3.8) is 0 Å². The fourth-order valence-electron chi connectivity index (χ4n) is 1.36. The Balaban J connectivity index is 2.16. The maximum atomic E-state index is 11.4. The van der Waals surface area contributed by atoms with E-state index in [-0.39, 0.29) is 11.9 Å². The van der Waals surface area contributed by atoms with Crippen molar-refractivity contribution < 1.29 is 4.79 Å². The number of carbonyl (C=O) groups is 1. The maximum Gasteiger partial charge on any atom is 0.250 e. The third-order valence-corrected chi connectivity index (χ3v) is 2.05. The van der Waals surface area contributed by atoms with Crippen LogP contribution in [0.15, 0.2) is 11.2 Å². The molecule has 0 spiro atoms. The van der Waals surface area contributed by atoms with Crippen molar-refractivity contribution in [3.05, 3.63) is 11.9 Å². The van der Waals surface area contributed by atoms with E-state index in [1.165, 1.54) is 6.20 Å². The molecule has 0 aliphatic carbocycles. The van der Waals surface area contributed by atoms with E-state index in [4.69, 9.17) is 0 Å². The Morgan fingerprint density at radius 3 is 3.07 bits per heavy atom. The van der Waals surface area contributed by atoms with Crippen LogP contribution >= 0.6 is 0 Å². The lowest BCUT2D eigenvalue weighted by Crippen LogP contribution is -2.29. The predicted molar refractivity (Wildman–Crippen MR) is 49.8 cm³/mol. The maximum absolute atomic E-state index is 11.4. The molecule has 1 unspecified atom stereocenters. The van der Waals surface area contributed by atoms with Crippen molar-refractivity contribution in [3.8, 4) is 0 Å². The largest absolute Gasteiger partial charge is 0.307 e. The lowest BCUT2D eigenvalue weighted by atomic mass is 10.2. The zero-order chi connectivity index (χ0) is 9.97. The predicted octanol–water partition coefficient (Wildman–Crippen LogP) is -0.150. The van der Waals surface area contributed by atoms with Crippen molar-refractivity contribution >= 4 is 11.7 Å². The van der Waals surface area contributed by atoms with E-state index in [0.29, 0.717) is 11.5 Å². The van der Waals surface area contributed by atoms with Gasteiger partial charge in [0.1, 0.15) is 11.7 Å². The summed E-state index contributed by atoms with van der Waals surface area (Å²) in [5.74, 6) is 0.465. The van der Waals surface area contributed by atoms with Crippen LogP contribution in [-0.2, 0) is 4.79 Å². The molecule has 2 heterocycles. The molecule has 0 saturated carbocycles. The first-order valence-corrected chi connectivity index (χ1v) is 4.56. The smallest absolute Gasteiger partial charge is 0.250 e. The molecule has 0 bridgehead atoms. The van der Waals surface area contributed by atoms with Gasteiger partial charge < -0.3 is 5.32 Å². The number of carbonyl (C=O) groups excluding carboxylic acids is 1. The summed E-state index contributed by atoms with van der Waals surface area (Å²) in [5, 5.41) is 12.7. The van der Waals surface area contributed by atoms with Gasteiger partial charge >= 0.3 is 0 Å². The van der Waals surface area contributed by atoms with E-state index in [1.54, 1.807) is 0 Å². The van der Waals surface area contributed by atoms with Crippen LogP contribution in [0.3, 0.4) is 0 Å². The molecule has 2 rings (SSSR count). The number of hydrogen-bond donors (Lipinski definition) is 2. The Labute approximate surface area is 80.8 Å². The Morgan fingerprint density at radius 1 is 1.57 bits per heavy atom. The molecule has 1 amide bonds. The highest BCUT2D eigenvalue weighted by atomic mass is 16.2. The van der Waals surface area contributed by atoms with E-state index < -0.39 is 0 Å². The Bertz CT molecular complexity index is 356. The van der Waals surface area contributed by atoms with Gasteiger partial charge in [-0.25, -0.2) is 0 Å². The van der Waals surface area contributed by atoms with E-state index in [9.17, 15) is 4.79 Å². The molecular weight excluding hydrogens is 182 g/mol. The van der Waals surface area contributed by atoms with Crippen LogP contribution in [0.2, 0.25) is 0 Å². The average molecular weight is 193 g/mol. The first-order chi connectivity index (χ1) is 6.81. The number of aliphatic imine (C=N–C) groups is 1. The molecule has 1 aromatic heterocycles. The Hall–Kier alpha value is -1.72. The number of aromatic nitrogens is 3. The van der Waals surface area contributed by atoms with E-state index in [2.05, 4.69) is 25.7 Å². The van der Waals surface area contributed by atoms with Crippen LogP contribution < -0.4 is 5.32 Å². The number of amidine groups is 1. The van der Waals surface area contributed by atoms with Gasteiger partial charge in [-0.15, -0.1) is 0 Å². The second-order valence-electron chi connectivity index (χ2n) is 3.13. The number of nitrogens with zero attached hydrogens (tertiary/aromatic N) is 3. The Kier molecular flexibility index (Phi) is 2.26. The van der Waals surface area contributed by atoms with Crippen molar-refractivity contribution in [2.24, 2.45) is 4.99 Å². The van der Waals surface area contributed by atoms with Gasteiger partial charge in [0.05, 0.1) is 6.20 Å². The molecule has 1 aliphatic heterocycles. The molecule has 6 heteroatoms. The van der Waals surface area contributed by atoms with Crippen LogP contribution in [0.1, 0.15) is 25.5 Å². The Morgan fingerprint density at radius 2 is 2.43 bits per heavy atom. The second-order valence-corrected chi connectivity index (χ2v) is 3.13. The van der Waals surface area contributed by atoms with Gasteiger partial charge in [-0.2, -0.15) is 15.4 Å². The van der Waals surface area contributed by atoms with E-state index in [0.717, 1.165) is 12.8 Å². The van der Waals surface area contributed by atoms with Crippen LogP contribution in [-0.4, -0.2) is 33.2 Å². The number of amides is 1. The molecule has 0 radical (unpaired) electrons. The molecule has 74 valence electrons. The molecule has 6 nitrogen and oxygen atoms in total. The summed E-state index contributed by atoms with van der Waals surface area (Å²) in [6.07, 6.45) is 3.24. The second kappa shape index (κ2) is 3.57. The molecular formula is C8H11N5O. The SMILES string of the molecule is CCCC1N=C(c2cn[nH]n2)NC1=O. The van der Waals surface area contributed by atoms with Crippen molar-refractivity contribution in [2.75, 3.05) is 0 Å². The summed E-state index contributed by atoms with van der Waals surface area (Å²) >= 11 is 0. The number of rotatable bonds is 3. The van der Waals surface area contributed by atoms with Gasteiger partial charge in [-0.1, -0.05) is 13.3 Å². The summed E-state index contributed by atoms with van der Waals surface area (Å²) in [6, 6.07) is -0.258. The standard InChI is InChI=1S/C8H11N5O/c1-2-3-5-8(14)11-7(10-5)6-4-9-13-12-6/h4-5H,2-3H2,1H3,(H,9,12,13)(H,10,11,14). The first-order valence-electron chi connectivity index (χ1n) is 4.56. The van der Waals surface area contributed by atoms with Crippen molar-refractivity contribution in [1.29, 1.82) is 0 Å². The fourth-order valence-corrected chi connectivity index (χ4v) is 1.36. The summed E-state index contributed by atoms with van der Waals surface area (Å²) in [7, 11) is 0. The third-order valence-electron chi connectivity index (χ3n) is 2.05. The number of hydrogen-bond acceptors (Lipinski definition) is 4. The minimum atomic E-state index is -0.258. The highest BCUT2D eigenvalue weighted by Crippen LogP contribution is 2.09. The van der Waals surface area contributed by atoms with E-state index >= 15 is 0 Å². The first kappa shape index (κ1) is 8.86. The van der Waals surface area contributed by atoms with Gasteiger partial charge in [0.2, 0.25) is 5.91 Å². The molecule has 1 atom stereocenters. The highest BCUT2D eigenvalue weighted by molar-refractivity contribution is 6.12.